The number of furan rings is 1. The lowest BCUT2D eigenvalue weighted by Gasteiger charge is -2.21. The van der Waals surface area contributed by atoms with Crippen LogP contribution in [0.5, 0.6) is 0 Å². The van der Waals surface area contributed by atoms with Crippen LogP contribution in [0.1, 0.15) is 43.2 Å². The first-order valence-electron chi connectivity index (χ1n) is 6.92. The van der Waals surface area contributed by atoms with Crippen LogP contribution >= 0.6 is 31.9 Å². The standard InChI is InChI=1S/C16H19Br2NO/c1-3-8-19-16(12-7-9-20-15(12)4-2)13-10-11(17)5-6-14(13)18/h5-7,9-10,16,19H,3-4,8H2,1-2H3. The lowest BCUT2D eigenvalue weighted by Crippen LogP contribution is -2.24. The van der Waals surface area contributed by atoms with Crippen LogP contribution in [0, 0.1) is 0 Å². The lowest BCUT2D eigenvalue weighted by molar-refractivity contribution is 0.499. The maximum atomic E-state index is 5.60. The molecule has 1 N–H and O–H groups in total. The quantitative estimate of drug-likeness (QED) is 0.696. The minimum absolute atomic E-state index is 0.149. The summed E-state index contributed by atoms with van der Waals surface area (Å²) < 4.78 is 7.79. The van der Waals surface area contributed by atoms with Gasteiger partial charge in [-0.1, -0.05) is 45.7 Å². The van der Waals surface area contributed by atoms with Crippen LogP contribution in [-0.2, 0) is 6.42 Å². The van der Waals surface area contributed by atoms with Crippen molar-refractivity contribution >= 4 is 31.9 Å². The van der Waals surface area contributed by atoms with Crippen molar-refractivity contribution in [1.82, 2.24) is 5.32 Å². The number of hydrogen-bond acceptors (Lipinski definition) is 2. The molecule has 108 valence electrons. The molecule has 0 aliphatic rings. The van der Waals surface area contributed by atoms with Gasteiger partial charge in [-0.05, 0) is 42.8 Å². The van der Waals surface area contributed by atoms with Crippen LogP contribution in [0.25, 0.3) is 0 Å². The Hall–Kier alpha value is -0.580. The lowest BCUT2D eigenvalue weighted by atomic mass is 9.98. The number of hydrogen-bond donors (Lipinski definition) is 1. The van der Waals surface area contributed by atoms with Crippen LogP contribution in [0.4, 0.5) is 0 Å². The molecular formula is C16H19Br2NO. The van der Waals surface area contributed by atoms with Gasteiger partial charge < -0.3 is 9.73 Å². The zero-order valence-electron chi connectivity index (χ0n) is 11.7. The molecule has 0 aliphatic heterocycles. The van der Waals surface area contributed by atoms with E-state index in [2.05, 4.69) is 69.2 Å². The van der Waals surface area contributed by atoms with Gasteiger partial charge in [-0.25, -0.2) is 0 Å². The number of benzene rings is 1. The molecule has 1 aromatic heterocycles. The van der Waals surface area contributed by atoms with E-state index in [4.69, 9.17) is 4.42 Å². The minimum atomic E-state index is 0.149. The fraction of sp³-hybridized carbons (Fsp3) is 0.375. The van der Waals surface area contributed by atoms with Gasteiger partial charge in [0.15, 0.2) is 0 Å². The van der Waals surface area contributed by atoms with Crippen molar-refractivity contribution in [1.29, 1.82) is 0 Å². The Labute approximate surface area is 137 Å². The Bertz CT molecular complexity index is 565. The zero-order chi connectivity index (χ0) is 14.5. The van der Waals surface area contributed by atoms with Gasteiger partial charge in [0.2, 0.25) is 0 Å². The third-order valence-electron chi connectivity index (χ3n) is 3.28. The molecule has 0 fully saturated rings. The van der Waals surface area contributed by atoms with Gasteiger partial charge in [-0.2, -0.15) is 0 Å². The van der Waals surface area contributed by atoms with Crippen LogP contribution in [0.2, 0.25) is 0 Å². The summed E-state index contributed by atoms with van der Waals surface area (Å²) in [4.78, 5) is 0. The SMILES string of the molecule is CCCNC(c1cc(Br)ccc1Br)c1ccoc1CC. The van der Waals surface area contributed by atoms with E-state index in [1.807, 2.05) is 6.07 Å². The summed E-state index contributed by atoms with van der Waals surface area (Å²) in [6.07, 6.45) is 3.78. The smallest absolute Gasteiger partial charge is 0.108 e. The van der Waals surface area contributed by atoms with Gasteiger partial charge in [0.25, 0.3) is 0 Å². The van der Waals surface area contributed by atoms with E-state index >= 15 is 0 Å². The summed E-state index contributed by atoms with van der Waals surface area (Å²) in [5.41, 5.74) is 2.45. The summed E-state index contributed by atoms with van der Waals surface area (Å²) in [6, 6.07) is 8.49. The topological polar surface area (TPSA) is 25.2 Å². The van der Waals surface area contributed by atoms with E-state index in [9.17, 15) is 0 Å². The average molecular weight is 401 g/mol. The van der Waals surface area contributed by atoms with E-state index in [1.54, 1.807) is 6.26 Å². The van der Waals surface area contributed by atoms with Crippen molar-refractivity contribution in [2.75, 3.05) is 6.54 Å². The molecular weight excluding hydrogens is 382 g/mol. The molecule has 1 atom stereocenters. The van der Waals surface area contributed by atoms with Crippen LogP contribution in [0.3, 0.4) is 0 Å². The summed E-state index contributed by atoms with van der Waals surface area (Å²) in [6.45, 7) is 5.27. The molecule has 2 aromatic rings. The second-order valence-corrected chi connectivity index (χ2v) is 6.48. The third kappa shape index (κ3) is 3.54. The molecule has 0 bridgehead atoms. The molecule has 2 rings (SSSR count). The van der Waals surface area contributed by atoms with E-state index in [0.717, 1.165) is 34.1 Å². The van der Waals surface area contributed by atoms with Crippen molar-refractivity contribution in [3.05, 3.63) is 56.4 Å². The average Bonchev–Trinajstić information content (AvgIpc) is 2.91. The predicted octanol–water partition coefficient (Wildman–Crippen LogP) is 5.46. The highest BCUT2D eigenvalue weighted by Gasteiger charge is 2.20. The first-order chi connectivity index (χ1) is 9.67. The fourth-order valence-corrected chi connectivity index (χ4v) is 3.16. The zero-order valence-corrected chi connectivity index (χ0v) is 14.9. The van der Waals surface area contributed by atoms with Crippen molar-refractivity contribution in [3.8, 4) is 0 Å². The highest BCUT2D eigenvalue weighted by molar-refractivity contribution is 9.11. The van der Waals surface area contributed by atoms with Crippen LogP contribution in [0.15, 0.2) is 43.9 Å². The van der Waals surface area contributed by atoms with Crippen molar-refractivity contribution < 1.29 is 4.42 Å². The van der Waals surface area contributed by atoms with Crippen LogP contribution < -0.4 is 5.32 Å². The summed E-state index contributed by atoms with van der Waals surface area (Å²) >= 11 is 7.22. The molecule has 0 saturated heterocycles. The summed E-state index contributed by atoms with van der Waals surface area (Å²) in [5, 5.41) is 3.62. The second kappa shape index (κ2) is 7.43. The number of halogens is 2. The van der Waals surface area contributed by atoms with E-state index in [1.165, 1.54) is 11.1 Å². The Balaban J connectivity index is 2.44. The molecule has 1 aromatic carbocycles. The highest BCUT2D eigenvalue weighted by atomic mass is 79.9. The molecule has 1 unspecified atom stereocenters. The predicted molar refractivity (Wildman–Crippen MR) is 90.1 cm³/mol. The third-order valence-corrected chi connectivity index (χ3v) is 4.49. The minimum Gasteiger partial charge on any atom is -0.469 e. The van der Waals surface area contributed by atoms with Gasteiger partial charge in [-0.15, -0.1) is 0 Å². The van der Waals surface area contributed by atoms with Gasteiger partial charge in [0.05, 0.1) is 12.3 Å². The van der Waals surface area contributed by atoms with E-state index in [0.29, 0.717) is 0 Å². The van der Waals surface area contributed by atoms with E-state index < -0.39 is 0 Å². The summed E-state index contributed by atoms with van der Waals surface area (Å²) in [5.74, 6) is 1.05. The van der Waals surface area contributed by atoms with Gasteiger partial charge in [-0.3, -0.25) is 0 Å². The number of rotatable bonds is 6. The van der Waals surface area contributed by atoms with Crippen LogP contribution in [-0.4, -0.2) is 6.54 Å². The van der Waals surface area contributed by atoms with Gasteiger partial charge in [0, 0.05) is 20.9 Å². The number of nitrogens with one attached hydrogen (secondary N) is 1. The molecule has 0 saturated carbocycles. The Morgan fingerprint density at radius 1 is 1.15 bits per heavy atom. The first-order valence-corrected chi connectivity index (χ1v) is 8.50. The second-order valence-electron chi connectivity index (χ2n) is 4.71. The molecule has 20 heavy (non-hydrogen) atoms. The summed E-state index contributed by atoms with van der Waals surface area (Å²) in [7, 11) is 0. The largest absolute Gasteiger partial charge is 0.469 e. The Kier molecular flexibility index (Phi) is 5.87. The Morgan fingerprint density at radius 2 is 1.95 bits per heavy atom. The fourth-order valence-electron chi connectivity index (χ4n) is 2.31. The van der Waals surface area contributed by atoms with Gasteiger partial charge >= 0.3 is 0 Å². The molecule has 1 heterocycles. The molecule has 0 amide bonds. The molecule has 0 radical (unpaired) electrons. The van der Waals surface area contributed by atoms with E-state index in [-0.39, 0.29) is 6.04 Å². The van der Waals surface area contributed by atoms with Crippen molar-refractivity contribution in [3.63, 3.8) is 0 Å². The van der Waals surface area contributed by atoms with Gasteiger partial charge in [0.1, 0.15) is 5.76 Å². The maximum absolute atomic E-state index is 5.60. The first kappa shape index (κ1) is 15.8. The van der Waals surface area contributed by atoms with Crippen molar-refractivity contribution in [2.24, 2.45) is 0 Å². The monoisotopic (exact) mass is 399 g/mol. The number of aryl methyl sites for hydroxylation is 1. The molecule has 0 spiro atoms. The van der Waals surface area contributed by atoms with Crippen molar-refractivity contribution in [2.45, 2.75) is 32.7 Å². The Morgan fingerprint density at radius 3 is 2.65 bits per heavy atom. The molecule has 0 aliphatic carbocycles. The maximum Gasteiger partial charge on any atom is 0.108 e. The molecule has 2 nitrogen and oxygen atoms in total. The highest BCUT2D eigenvalue weighted by Crippen LogP contribution is 2.33. The molecule has 4 heteroatoms. The normalized spacial score (nSPS) is 12.6.